The molecule has 0 N–H and O–H groups in total. The number of hydrogen-bond donors (Lipinski definition) is 0. The van der Waals surface area contributed by atoms with E-state index in [1.165, 1.54) is 11.3 Å². The summed E-state index contributed by atoms with van der Waals surface area (Å²) in [4.78, 5) is 18.5. The van der Waals surface area contributed by atoms with Crippen molar-refractivity contribution in [3.05, 3.63) is 10.6 Å². The molecular formula is C14H24N2O3S. The molecule has 0 aliphatic rings. The Morgan fingerprint density at radius 1 is 1.15 bits per heavy atom. The minimum absolute atomic E-state index is 0.653. The van der Waals surface area contributed by atoms with Crippen molar-refractivity contribution in [1.29, 1.82) is 0 Å². The van der Waals surface area contributed by atoms with Crippen LogP contribution in [-0.4, -0.2) is 50.8 Å². The highest BCUT2D eigenvalue weighted by molar-refractivity contribution is 7.17. The first-order chi connectivity index (χ1) is 9.76. The van der Waals surface area contributed by atoms with Crippen LogP contribution in [0.5, 0.6) is 0 Å². The molecule has 1 aromatic rings. The average molecular weight is 300 g/mol. The first-order valence-electron chi connectivity index (χ1n) is 7.12. The van der Waals surface area contributed by atoms with Gasteiger partial charge in [0.1, 0.15) is 0 Å². The van der Waals surface area contributed by atoms with Crippen LogP contribution in [0.25, 0.3) is 0 Å². The molecule has 6 heteroatoms. The maximum absolute atomic E-state index is 11.0. The van der Waals surface area contributed by atoms with Gasteiger partial charge in [0, 0.05) is 26.3 Å². The summed E-state index contributed by atoms with van der Waals surface area (Å²) in [7, 11) is 0. The zero-order valence-corrected chi connectivity index (χ0v) is 13.4. The Labute approximate surface area is 124 Å². The predicted octanol–water partition coefficient (Wildman–Crippen LogP) is 2.40. The molecule has 0 saturated carbocycles. The third kappa shape index (κ3) is 5.19. The van der Waals surface area contributed by atoms with Crippen LogP contribution in [0.2, 0.25) is 0 Å². The molecule has 0 aliphatic carbocycles. The van der Waals surface area contributed by atoms with Crippen molar-refractivity contribution in [2.24, 2.45) is 0 Å². The van der Waals surface area contributed by atoms with E-state index < -0.39 is 0 Å². The van der Waals surface area contributed by atoms with E-state index in [0.29, 0.717) is 26.4 Å². The lowest BCUT2D eigenvalue weighted by Crippen LogP contribution is -2.31. The molecule has 0 bridgehead atoms. The third-order valence-corrected chi connectivity index (χ3v) is 3.93. The lowest BCUT2D eigenvalue weighted by atomic mass is 10.3. The molecule has 1 heterocycles. The summed E-state index contributed by atoms with van der Waals surface area (Å²) >= 11 is 1.44. The van der Waals surface area contributed by atoms with Crippen LogP contribution >= 0.6 is 11.3 Å². The van der Waals surface area contributed by atoms with E-state index in [4.69, 9.17) is 9.47 Å². The second-order valence-electron chi connectivity index (χ2n) is 4.16. The molecular weight excluding hydrogens is 276 g/mol. The number of hydrogen-bond acceptors (Lipinski definition) is 6. The SMILES string of the molecule is CCOCCN(CCOCC)c1nc(CC)c(C=O)s1. The summed E-state index contributed by atoms with van der Waals surface area (Å²) in [5.41, 5.74) is 0.873. The Kier molecular flexibility index (Phi) is 8.41. The molecule has 5 nitrogen and oxygen atoms in total. The van der Waals surface area contributed by atoms with Crippen LogP contribution in [0.3, 0.4) is 0 Å². The van der Waals surface area contributed by atoms with Gasteiger partial charge in [0.05, 0.1) is 23.8 Å². The van der Waals surface area contributed by atoms with E-state index in [-0.39, 0.29) is 0 Å². The maximum Gasteiger partial charge on any atom is 0.186 e. The molecule has 0 aromatic carbocycles. The van der Waals surface area contributed by atoms with Gasteiger partial charge in [0.25, 0.3) is 0 Å². The molecule has 114 valence electrons. The molecule has 0 aliphatic heterocycles. The van der Waals surface area contributed by atoms with Crippen LogP contribution in [0, 0.1) is 0 Å². The molecule has 0 radical (unpaired) electrons. The van der Waals surface area contributed by atoms with E-state index in [0.717, 1.165) is 41.5 Å². The zero-order chi connectivity index (χ0) is 14.8. The second-order valence-corrected chi connectivity index (χ2v) is 5.17. The smallest absolute Gasteiger partial charge is 0.186 e. The highest BCUT2D eigenvalue weighted by Gasteiger charge is 2.15. The van der Waals surface area contributed by atoms with Gasteiger partial charge in [-0.15, -0.1) is 0 Å². The van der Waals surface area contributed by atoms with Crippen molar-refractivity contribution < 1.29 is 14.3 Å². The predicted molar refractivity (Wildman–Crippen MR) is 82.1 cm³/mol. The van der Waals surface area contributed by atoms with E-state index >= 15 is 0 Å². The van der Waals surface area contributed by atoms with Crippen LogP contribution in [0.1, 0.15) is 36.1 Å². The molecule has 20 heavy (non-hydrogen) atoms. The maximum atomic E-state index is 11.0. The zero-order valence-electron chi connectivity index (χ0n) is 12.6. The minimum atomic E-state index is 0.653. The standard InChI is InChI=1S/C14H24N2O3S/c1-4-12-13(11-17)20-14(15-12)16(7-9-18-5-2)8-10-19-6-3/h11H,4-10H2,1-3H3. The van der Waals surface area contributed by atoms with Gasteiger partial charge in [-0.3, -0.25) is 4.79 Å². The number of aromatic nitrogens is 1. The Bertz CT molecular complexity index is 386. The average Bonchev–Trinajstić information content (AvgIpc) is 2.89. The minimum Gasteiger partial charge on any atom is -0.380 e. The monoisotopic (exact) mass is 300 g/mol. The van der Waals surface area contributed by atoms with Crippen LogP contribution in [0.15, 0.2) is 0 Å². The van der Waals surface area contributed by atoms with Crippen molar-refractivity contribution in [3.8, 4) is 0 Å². The number of carbonyl (C=O) groups is 1. The number of anilines is 1. The Hall–Kier alpha value is -0.980. The number of carbonyl (C=O) groups excluding carboxylic acids is 1. The number of thiazole rings is 1. The van der Waals surface area contributed by atoms with Gasteiger partial charge < -0.3 is 14.4 Å². The summed E-state index contributed by atoms with van der Waals surface area (Å²) in [5.74, 6) is 0. The van der Waals surface area contributed by atoms with Gasteiger partial charge in [0.2, 0.25) is 0 Å². The number of nitrogens with zero attached hydrogens (tertiary/aromatic N) is 2. The molecule has 0 unspecified atom stereocenters. The second kappa shape index (κ2) is 9.85. The lowest BCUT2D eigenvalue weighted by molar-refractivity contribution is 0.112. The summed E-state index contributed by atoms with van der Waals surface area (Å²) in [5, 5.41) is 0.878. The largest absolute Gasteiger partial charge is 0.380 e. The van der Waals surface area contributed by atoms with Crippen molar-refractivity contribution in [2.75, 3.05) is 44.4 Å². The number of rotatable bonds is 11. The van der Waals surface area contributed by atoms with Crippen molar-refractivity contribution >= 4 is 22.8 Å². The van der Waals surface area contributed by atoms with Crippen molar-refractivity contribution in [2.45, 2.75) is 27.2 Å². The first kappa shape index (κ1) is 17.1. The van der Waals surface area contributed by atoms with E-state index in [9.17, 15) is 4.79 Å². The fourth-order valence-corrected chi connectivity index (χ4v) is 2.79. The Morgan fingerprint density at radius 2 is 1.75 bits per heavy atom. The summed E-state index contributed by atoms with van der Waals surface area (Å²) in [6.45, 7) is 10.2. The molecule has 0 saturated heterocycles. The van der Waals surface area contributed by atoms with Gasteiger partial charge in [-0.2, -0.15) is 0 Å². The quantitative estimate of drug-likeness (QED) is 0.464. The van der Waals surface area contributed by atoms with Crippen LogP contribution in [-0.2, 0) is 15.9 Å². The molecule has 0 amide bonds. The van der Waals surface area contributed by atoms with Crippen LogP contribution < -0.4 is 4.90 Å². The Balaban J connectivity index is 2.73. The Morgan fingerprint density at radius 3 is 2.15 bits per heavy atom. The van der Waals surface area contributed by atoms with Gasteiger partial charge in [0.15, 0.2) is 11.4 Å². The fourth-order valence-electron chi connectivity index (χ4n) is 1.77. The van der Waals surface area contributed by atoms with Gasteiger partial charge in [-0.25, -0.2) is 4.98 Å². The topological polar surface area (TPSA) is 51.7 Å². The van der Waals surface area contributed by atoms with E-state index in [1.807, 2.05) is 20.8 Å². The number of aryl methyl sites for hydroxylation is 1. The van der Waals surface area contributed by atoms with Crippen molar-refractivity contribution in [3.63, 3.8) is 0 Å². The van der Waals surface area contributed by atoms with Crippen LogP contribution in [0.4, 0.5) is 5.13 Å². The summed E-state index contributed by atoms with van der Waals surface area (Å²) < 4.78 is 10.8. The normalized spacial score (nSPS) is 10.8. The van der Waals surface area contributed by atoms with Gasteiger partial charge in [-0.1, -0.05) is 18.3 Å². The third-order valence-electron chi connectivity index (χ3n) is 2.85. The van der Waals surface area contributed by atoms with Crippen molar-refractivity contribution in [1.82, 2.24) is 4.98 Å². The highest BCUT2D eigenvalue weighted by Crippen LogP contribution is 2.25. The van der Waals surface area contributed by atoms with Gasteiger partial charge in [-0.05, 0) is 20.3 Å². The van der Waals surface area contributed by atoms with Gasteiger partial charge >= 0.3 is 0 Å². The molecule has 0 fully saturated rings. The number of ether oxygens (including phenoxy) is 2. The van der Waals surface area contributed by atoms with E-state index in [1.54, 1.807) is 0 Å². The molecule has 0 spiro atoms. The first-order valence-corrected chi connectivity index (χ1v) is 7.93. The molecule has 1 aromatic heterocycles. The molecule has 1 rings (SSSR count). The summed E-state index contributed by atoms with van der Waals surface area (Å²) in [6, 6.07) is 0. The lowest BCUT2D eigenvalue weighted by Gasteiger charge is -2.21. The van der Waals surface area contributed by atoms with E-state index in [2.05, 4.69) is 9.88 Å². The summed E-state index contributed by atoms with van der Waals surface area (Å²) in [6.07, 6.45) is 1.67. The fraction of sp³-hybridized carbons (Fsp3) is 0.714. The number of aldehydes is 1. The molecule has 0 atom stereocenters. The highest BCUT2D eigenvalue weighted by atomic mass is 32.1.